The van der Waals surface area contributed by atoms with Crippen LogP contribution in [-0.4, -0.2) is 62.5 Å². The maximum atomic E-state index is 12.2. The minimum atomic E-state index is -0.529. The van der Waals surface area contributed by atoms with Gasteiger partial charge in [-0.05, 0) is 58.2 Å². The summed E-state index contributed by atoms with van der Waals surface area (Å²) in [6.07, 6.45) is 2.08. The number of likely N-dealkylation sites (tertiary alicyclic amines) is 1. The first-order valence-corrected chi connectivity index (χ1v) is 10.6. The third kappa shape index (κ3) is 4.78. The SMILES string of the molecule is CC(C)(C)OC(=O)N1CCC(Nc2ccc3c(c2)nnn3C2CCC(=O)NC2=O)CC1. The molecule has 0 saturated carbocycles. The summed E-state index contributed by atoms with van der Waals surface area (Å²) in [7, 11) is 0. The van der Waals surface area contributed by atoms with E-state index >= 15 is 0 Å². The second kappa shape index (κ2) is 8.16. The second-order valence-corrected chi connectivity index (χ2v) is 9.09. The van der Waals surface area contributed by atoms with Crippen molar-refractivity contribution < 1.29 is 19.1 Å². The molecule has 1 aromatic heterocycles. The standard InChI is InChI=1S/C21H28N6O4/c1-21(2,3)31-20(30)26-10-8-13(9-11-26)22-14-4-5-16-15(12-14)24-25-27(16)17-6-7-18(28)23-19(17)29/h4-5,12-13,17,22H,6-11H2,1-3H3,(H,23,28,29). The summed E-state index contributed by atoms with van der Waals surface area (Å²) < 4.78 is 7.03. The lowest BCUT2D eigenvalue weighted by atomic mass is 10.0. The molecule has 166 valence electrons. The molecular weight excluding hydrogens is 400 g/mol. The van der Waals surface area contributed by atoms with Crippen molar-refractivity contribution in [3.05, 3.63) is 18.2 Å². The molecule has 2 saturated heterocycles. The maximum Gasteiger partial charge on any atom is 0.410 e. The van der Waals surface area contributed by atoms with E-state index < -0.39 is 11.6 Å². The normalized spacial score (nSPS) is 20.6. The summed E-state index contributed by atoms with van der Waals surface area (Å²) in [5, 5.41) is 14.2. The topological polar surface area (TPSA) is 118 Å². The number of hydrogen-bond acceptors (Lipinski definition) is 7. The summed E-state index contributed by atoms with van der Waals surface area (Å²) in [5.41, 5.74) is 1.85. The molecule has 2 aliphatic heterocycles. The maximum absolute atomic E-state index is 12.2. The Hall–Kier alpha value is -3.17. The molecule has 2 fully saturated rings. The summed E-state index contributed by atoms with van der Waals surface area (Å²) in [5.74, 6) is -0.600. The van der Waals surface area contributed by atoms with E-state index in [2.05, 4.69) is 20.9 Å². The highest BCUT2D eigenvalue weighted by molar-refractivity contribution is 6.00. The van der Waals surface area contributed by atoms with Crippen molar-refractivity contribution in [1.82, 2.24) is 25.2 Å². The van der Waals surface area contributed by atoms with E-state index in [1.807, 2.05) is 39.0 Å². The molecule has 0 aliphatic carbocycles. The number of aromatic nitrogens is 3. The van der Waals surface area contributed by atoms with Gasteiger partial charge in [-0.15, -0.1) is 5.10 Å². The summed E-state index contributed by atoms with van der Waals surface area (Å²) >= 11 is 0. The molecule has 3 heterocycles. The fraction of sp³-hybridized carbons (Fsp3) is 0.571. The second-order valence-electron chi connectivity index (χ2n) is 9.09. The van der Waals surface area contributed by atoms with Gasteiger partial charge in [-0.3, -0.25) is 14.9 Å². The fourth-order valence-corrected chi connectivity index (χ4v) is 3.95. The number of nitrogens with zero attached hydrogens (tertiary/aromatic N) is 4. The fourth-order valence-electron chi connectivity index (χ4n) is 3.95. The van der Waals surface area contributed by atoms with Crippen molar-refractivity contribution in [2.75, 3.05) is 18.4 Å². The summed E-state index contributed by atoms with van der Waals surface area (Å²) in [4.78, 5) is 37.5. The Labute approximate surface area is 180 Å². The number of carbonyl (C=O) groups is 3. The molecule has 0 radical (unpaired) electrons. The minimum Gasteiger partial charge on any atom is -0.444 e. The van der Waals surface area contributed by atoms with Gasteiger partial charge in [0.15, 0.2) is 0 Å². The lowest BCUT2D eigenvalue weighted by molar-refractivity contribution is -0.135. The molecule has 10 nitrogen and oxygen atoms in total. The number of nitrogens with one attached hydrogen (secondary N) is 2. The van der Waals surface area contributed by atoms with Gasteiger partial charge in [0.1, 0.15) is 17.2 Å². The highest BCUT2D eigenvalue weighted by atomic mass is 16.6. The van der Waals surface area contributed by atoms with Gasteiger partial charge in [0.05, 0.1) is 5.52 Å². The van der Waals surface area contributed by atoms with Gasteiger partial charge < -0.3 is 15.0 Å². The monoisotopic (exact) mass is 428 g/mol. The Bertz CT molecular complexity index is 1000. The van der Waals surface area contributed by atoms with E-state index in [4.69, 9.17) is 4.74 Å². The highest BCUT2D eigenvalue weighted by Gasteiger charge is 2.30. The zero-order chi connectivity index (χ0) is 22.2. The van der Waals surface area contributed by atoms with Gasteiger partial charge in [0, 0.05) is 31.2 Å². The number of anilines is 1. The van der Waals surface area contributed by atoms with Crippen LogP contribution in [0.15, 0.2) is 18.2 Å². The Morgan fingerprint density at radius 3 is 2.61 bits per heavy atom. The quantitative estimate of drug-likeness (QED) is 0.720. The van der Waals surface area contributed by atoms with E-state index in [0.717, 1.165) is 24.0 Å². The third-order valence-electron chi connectivity index (χ3n) is 5.49. The number of ether oxygens (including phenoxy) is 1. The largest absolute Gasteiger partial charge is 0.444 e. The number of hydrogen-bond donors (Lipinski definition) is 2. The van der Waals surface area contributed by atoms with Crippen LogP contribution < -0.4 is 10.6 Å². The third-order valence-corrected chi connectivity index (χ3v) is 5.49. The van der Waals surface area contributed by atoms with Gasteiger partial charge in [0.2, 0.25) is 5.91 Å². The van der Waals surface area contributed by atoms with E-state index in [-0.39, 0.29) is 23.9 Å². The van der Waals surface area contributed by atoms with Crippen LogP contribution in [0, 0.1) is 0 Å². The molecule has 2 aliphatic rings. The number of fused-ring (bicyclic) bond motifs is 1. The number of carbonyl (C=O) groups excluding carboxylic acids is 3. The predicted octanol–water partition coefficient (Wildman–Crippen LogP) is 2.22. The average molecular weight is 428 g/mol. The molecule has 1 aromatic carbocycles. The molecule has 1 atom stereocenters. The smallest absolute Gasteiger partial charge is 0.410 e. The lowest BCUT2D eigenvalue weighted by Gasteiger charge is -2.34. The molecule has 1 unspecified atom stereocenters. The molecule has 4 rings (SSSR count). The first-order valence-electron chi connectivity index (χ1n) is 10.6. The van der Waals surface area contributed by atoms with E-state index in [0.29, 0.717) is 31.4 Å². The van der Waals surface area contributed by atoms with E-state index in [1.165, 1.54) is 0 Å². The molecule has 3 amide bonds. The van der Waals surface area contributed by atoms with Gasteiger partial charge >= 0.3 is 6.09 Å². The van der Waals surface area contributed by atoms with Crippen LogP contribution in [0.25, 0.3) is 11.0 Å². The van der Waals surface area contributed by atoms with Gasteiger partial charge in [0.25, 0.3) is 5.91 Å². The lowest BCUT2D eigenvalue weighted by Crippen LogP contribution is -2.44. The van der Waals surface area contributed by atoms with Crippen LogP contribution in [0.3, 0.4) is 0 Å². The van der Waals surface area contributed by atoms with Crippen molar-refractivity contribution >= 4 is 34.6 Å². The Balaban J connectivity index is 1.38. The van der Waals surface area contributed by atoms with Crippen molar-refractivity contribution in [3.63, 3.8) is 0 Å². The van der Waals surface area contributed by atoms with Crippen molar-refractivity contribution in [2.24, 2.45) is 0 Å². The van der Waals surface area contributed by atoms with Gasteiger partial charge in [-0.25, -0.2) is 9.48 Å². The zero-order valence-electron chi connectivity index (χ0n) is 18.1. The number of piperidine rings is 2. The van der Waals surface area contributed by atoms with Crippen LogP contribution in [0.5, 0.6) is 0 Å². The molecule has 0 bridgehead atoms. The number of imide groups is 1. The molecule has 0 spiro atoms. The summed E-state index contributed by atoms with van der Waals surface area (Å²) in [6, 6.07) is 5.44. The summed E-state index contributed by atoms with van der Waals surface area (Å²) in [6.45, 7) is 6.88. The zero-order valence-corrected chi connectivity index (χ0v) is 18.1. The molecule has 31 heavy (non-hydrogen) atoms. The number of benzene rings is 1. The van der Waals surface area contributed by atoms with Gasteiger partial charge in [-0.2, -0.15) is 0 Å². The average Bonchev–Trinajstić information content (AvgIpc) is 3.10. The number of rotatable bonds is 3. The van der Waals surface area contributed by atoms with Crippen LogP contribution in [0.4, 0.5) is 10.5 Å². The Kier molecular flexibility index (Phi) is 5.55. The Morgan fingerprint density at radius 1 is 1.19 bits per heavy atom. The molecule has 10 heteroatoms. The van der Waals surface area contributed by atoms with Crippen LogP contribution in [0.1, 0.15) is 52.5 Å². The van der Waals surface area contributed by atoms with Crippen molar-refractivity contribution in [1.29, 1.82) is 0 Å². The van der Waals surface area contributed by atoms with Crippen LogP contribution >= 0.6 is 0 Å². The molecule has 2 N–H and O–H groups in total. The van der Waals surface area contributed by atoms with Gasteiger partial charge in [-0.1, -0.05) is 5.21 Å². The first-order chi connectivity index (χ1) is 14.7. The van der Waals surface area contributed by atoms with Crippen molar-refractivity contribution in [3.8, 4) is 0 Å². The van der Waals surface area contributed by atoms with Crippen LogP contribution in [0.2, 0.25) is 0 Å². The van der Waals surface area contributed by atoms with Crippen LogP contribution in [-0.2, 0) is 14.3 Å². The first kappa shape index (κ1) is 21.1. The highest BCUT2D eigenvalue weighted by Crippen LogP contribution is 2.25. The predicted molar refractivity (Wildman–Crippen MR) is 113 cm³/mol. The molecule has 2 aromatic rings. The van der Waals surface area contributed by atoms with Crippen molar-refractivity contribution in [2.45, 2.75) is 64.1 Å². The van der Waals surface area contributed by atoms with E-state index in [9.17, 15) is 14.4 Å². The Morgan fingerprint density at radius 2 is 1.94 bits per heavy atom. The molecular formula is C21H28N6O4. The minimum absolute atomic E-state index is 0.237. The van der Waals surface area contributed by atoms with E-state index in [1.54, 1.807) is 9.58 Å². The number of amides is 3.